The monoisotopic (exact) mass is 406 g/mol. The molecule has 0 heterocycles. The number of rotatable bonds is 6. The van der Waals surface area contributed by atoms with E-state index >= 15 is 0 Å². The van der Waals surface area contributed by atoms with Crippen LogP contribution in [0.1, 0.15) is 42.9 Å². The van der Waals surface area contributed by atoms with E-state index in [9.17, 15) is 16.8 Å². The third-order valence-corrected chi connectivity index (χ3v) is 8.03. The van der Waals surface area contributed by atoms with Crippen molar-refractivity contribution in [3.05, 3.63) is 59.7 Å². The van der Waals surface area contributed by atoms with Crippen molar-refractivity contribution < 1.29 is 16.8 Å². The fourth-order valence-corrected chi connectivity index (χ4v) is 5.97. The van der Waals surface area contributed by atoms with Crippen LogP contribution in [0.2, 0.25) is 0 Å². The molecule has 1 saturated carbocycles. The maximum Gasteiger partial charge on any atom is 0.241 e. The van der Waals surface area contributed by atoms with Crippen molar-refractivity contribution in [1.29, 1.82) is 0 Å². The standard InChI is InChI=1S/C19H22N2O4S2/c22-26(23,20-15-8-9-15)16-10-12-17(13-11-16)27(24,25)21-19-7-3-5-14-4-1-2-6-18(14)19/h1-2,4,6,10-13,15,19-21H,3,5,7-9H2. The fourth-order valence-electron chi connectivity index (χ4n) is 3.42. The minimum atomic E-state index is -3.74. The number of hydrogen-bond donors (Lipinski definition) is 2. The summed E-state index contributed by atoms with van der Waals surface area (Å²) in [5.41, 5.74) is 2.18. The van der Waals surface area contributed by atoms with Gasteiger partial charge in [0.05, 0.1) is 9.79 Å². The van der Waals surface area contributed by atoms with Crippen LogP contribution in [-0.4, -0.2) is 22.9 Å². The minimum Gasteiger partial charge on any atom is -0.208 e. The Balaban J connectivity index is 1.54. The van der Waals surface area contributed by atoms with E-state index in [-0.39, 0.29) is 21.9 Å². The molecule has 27 heavy (non-hydrogen) atoms. The first-order chi connectivity index (χ1) is 12.9. The Morgan fingerprint density at radius 3 is 1.96 bits per heavy atom. The van der Waals surface area contributed by atoms with E-state index in [1.54, 1.807) is 0 Å². The zero-order valence-corrected chi connectivity index (χ0v) is 16.4. The summed E-state index contributed by atoms with van der Waals surface area (Å²) in [5, 5.41) is 0. The number of sulfonamides is 2. The number of nitrogens with one attached hydrogen (secondary N) is 2. The third-order valence-electron chi connectivity index (χ3n) is 5.01. The highest BCUT2D eigenvalue weighted by molar-refractivity contribution is 7.90. The van der Waals surface area contributed by atoms with Crippen molar-refractivity contribution >= 4 is 20.0 Å². The molecule has 2 aromatic carbocycles. The molecular weight excluding hydrogens is 384 g/mol. The number of hydrogen-bond acceptors (Lipinski definition) is 4. The summed E-state index contributed by atoms with van der Waals surface area (Å²) in [6.45, 7) is 0. The lowest BCUT2D eigenvalue weighted by Gasteiger charge is -2.26. The summed E-state index contributed by atoms with van der Waals surface area (Å²) >= 11 is 0. The van der Waals surface area contributed by atoms with Gasteiger partial charge >= 0.3 is 0 Å². The molecule has 0 spiro atoms. The lowest BCUT2D eigenvalue weighted by atomic mass is 9.88. The van der Waals surface area contributed by atoms with Gasteiger partial charge < -0.3 is 0 Å². The summed E-state index contributed by atoms with van der Waals surface area (Å²) in [6, 6.07) is 13.0. The zero-order chi connectivity index (χ0) is 19.1. The largest absolute Gasteiger partial charge is 0.241 e. The Morgan fingerprint density at radius 1 is 0.741 bits per heavy atom. The van der Waals surface area contributed by atoms with Gasteiger partial charge in [-0.05, 0) is 67.5 Å². The highest BCUT2D eigenvalue weighted by Gasteiger charge is 2.29. The molecule has 6 nitrogen and oxygen atoms in total. The minimum absolute atomic E-state index is 0.00597. The van der Waals surface area contributed by atoms with E-state index in [2.05, 4.69) is 9.44 Å². The van der Waals surface area contributed by atoms with Crippen LogP contribution in [0.25, 0.3) is 0 Å². The fraction of sp³-hybridized carbons (Fsp3) is 0.368. The first-order valence-electron chi connectivity index (χ1n) is 9.08. The van der Waals surface area contributed by atoms with Crippen molar-refractivity contribution in [3.8, 4) is 0 Å². The van der Waals surface area contributed by atoms with Gasteiger partial charge in [-0.2, -0.15) is 0 Å². The molecule has 0 aliphatic heterocycles. The summed E-state index contributed by atoms with van der Waals surface area (Å²) in [7, 11) is -7.33. The van der Waals surface area contributed by atoms with Gasteiger partial charge in [0, 0.05) is 12.1 Å². The number of benzene rings is 2. The number of fused-ring (bicyclic) bond motifs is 1. The Labute approximate surface area is 160 Å². The van der Waals surface area contributed by atoms with Gasteiger partial charge in [0.2, 0.25) is 20.0 Å². The summed E-state index contributed by atoms with van der Waals surface area (Å²) < 4.78 is 55.4. The smallest absolute Gasteiger partial charge is 0.208 e. The first-order valence-corrected chi connectivity index (χ1v) is 12.0. The molecule has 1 atom stereocenters. The van der Waals surface area contributed by atoms with Crippen molar-refractivity contribution in [2.24, 2.45) is 0 Å². The molecule has 4 rings (SSSR count). The molecule has 0 radical (unpaired) electrons. The van der Waals surface area contributed by atoms with Crippen LogP contribution in [-0.2, 0) is 26.5 Å². The van der Waals surface area contributed by atoms with E-state index in [4.69, 9.17) is 0 Å². The molecule has 2 N–H and O–H groups in total. The second kappa shape index (κ2) is 7.01. The van der Waals surface area contributed by atoms with Gasteiger partial charge in [0.15, 0.2) is 0 Å². The average Bonchev–Trinajstić information content (AvgIpc) is 3.45. The Kier molecular flexibility index (Phi) is 4.84. The summed E-state index contributed by atoms with van der Waals surface area (Å²) in [6.07, 6.45) is 4.31. The molecule has 1 fully saturated rings. The lowest BCUT2D eigenvalue weighted by Crippen LogP contribution is -2.31. The maximum atomic E-state index is 12.8. The molecule has 8 heteroatoms. The molecule has 0 bridgehead atoms. The molecule has 2 aromatic rings. The van der Waals surface area contributed by atoms with Gasteiger partial charge in [-0.25, -0.2) is 26.3 Å². The summed E-state index contributed by atoms with van der Waals surface area (Å²) in [4.78, 5) is 0.146. The van der Waals surface area contributed by atoms with Gasteiger partial charge in [0.25, 0.3) is 0 Å². The lowest BCUT2D eigenvalue weighted by molar-refractivity contribution is 0.507. The number of aryl methyl sites for hydroxylation is 1. The SMILES string of the molecule is O=S(=O)(NC1CC1)c1ccc(S(=O)(=O)NC2CCCc3ccccc32)cc1. The maximum absolute atomic E-state index is 12.8. The van der Waals surface area contributed by atoms with Gasteiger partial charge in [-0.1, -0.05) is 24.3 Å². The second-order valence-corrected chi connectivity index (χ2v) is 10.6. The molecular formula is C19H22N2O4S2. The van der Waals surface area contributed by atoms with Gasteiger partial charge in [-0.15, -0.1) is 0 Å². The van der Waals surface area contributed by atoms with Crippen molar-refractivity contribution in [2.45, 2.75) is 54.0 Å². The molecule has 0 saturated heterocycles. The first kappa shape index (κ1) is 18.6. The molecule has 1 unspecified atom stereocenters. The van der Waals surface area contributed by atoms with Crippen LogP contribution in [0, 0.1) is 0 Å². The Bertz CT molecular complexity index is 1040. The normalized spacial score (nSPS) is 20.2. The van der Waals surface area contributed by atoms with E-state index in [0.29, 0.717) is 0 Å². The van der Waals surface area contributed by atoms with Gasteiger partial charge in [0.1, 0.15) is 0 Å². The van der Waals surface area contributed by atoms with Crippen LogP contribution in [0.15, 0.2) is 58.3 Å². The van der Waals surface area contributed by atoms with E-state index in [0.717, 1.165) is 37.7 Å². The molecule has 144 valence electrons. The van der Waals surface area contributed by atoms with Crippen LogP contribution in [0.3, 0.4) is 0 Å². The highest BCUT2D eigenvalue weighted by atomic mass is 32.2. The summed E-state index contributed by atoms with van der Waals surface area (Å²) in [5.74, 6) is 0. The van der Waals surface area contributed by atoms with Crippen molar-refractivity contribution in [2.75, 3.05) is 0 Å². The molecule has 0 amide bonds. The van der Waals surface area contributed by atoms with Crippen LogP contribution < -0.4 is 9.44 Å². The topological polar surface area (TPSA) is 92.3 Å². The highest BCUT2D eigenvalue weighted by Crippen LogP contribution is 2.31. The Hall–Kier alpha value is -1.74. The van der Waals surface area contributed by atoms with Crippen LogP contribution >= 0.6 is 0 Å². The zero-order valence-electron chi connectivity index (χ0n) is 14.8. The van der Waals surface area contributed by atoms with Crippen molar-refractivity contribution in [1.82, 2.24) is 9.44 Å². The molecule has 2 aliphatic carbocycles. The van der Waals surface area contributed by atoms with E-state index in [1.165, 1.54) is 29.8 Å². The van der Waals surface area contributed by atoms with E-state index < -0.39 is 20.0 Å². The van der Waals surface area contributed by atoms with Crippen molar-refractivity contribution in [3.63, 3.8) is 0 Å². The molecule has 2 aliphatic rings. The average molecular weight is 407 g/mol. The van der Waals surface area contributed by atoms with E-state index in [1.807, 2.05) is 24.3 Å². The predicted octanol–water partition coefficient (Wildman–Crippen LogP) is 2.48. The predicted molar refractivity (Wildman–Crippen MR) is 102 cm³/mol. The van der Waals surface area contributed by atoms with Crippen LogP contribution in [0.4, 0.5) is 0 Å². The third kappa shape index (κ3) is 4.08. The van der Waals surface area contributed by atoms with Gasteiger partial charge in [-0.3, -0.25) is 0 Å². The second-order valence-electron chi connectivity index (χ2n) is 7.13. The quantitative estimate of drug-likeness (QED) is 0.771. The van der Waals surface area contributed by atoms with Crippen LogP contribution in [0.5, 0.6) is 0 Å². The molecule has 0 aromatic heterocycles. The Morgan fingerprint density at radius 2 is 1.33 bits per heavy atom.